The van der Waals surface area contributed by atoms with Gasteiger partial charge in [-0.25, -0.2) is 14.8 Å². The van der Waals surface area contributed by atoms with E-state index in [1.54, 1.807) is 36.7 Å². The first-order valence-corrected chi connectivity index (χ1v) is 6.41. The number of anilines is 1. The molecule has 2 aromatic rings. The number of methoxy groups -OCH3 is 1. The number of aryl methyl sites for hydroxylation is 1. The van der Waals surface area contributed by atoms with Crippen molar-refractivity contribution in [1.29, 1.82) is 0 Å². The number of esters is 1. The van der Waals surface area contributed by atoms with Crippen LogP contribution in [0.1, 0.15) is 22.3 Å². The molecule has 0 atom stereocenters. The van der Waals surface area contributed by atoms with Crippen LogP contribution in [0.2, 0.25) is 0 Å². The topological polar surface area (TPSA) is 81.2 Å². The summed E-state index contributed by atoms with van der Waals surface area (Å²) in [5.74, 6) is -0.512. The molecule has 0 bridgehead atoms. The monoisotopic (exact) mass is 285 g/mol. The van der Waals surface area contributed by atoms with Crippen molar-refractivity contribution < 1.29 is 14.3 Å². The molecule has 0 spiro atoms. The fourth-order valence-electron chi connectivity index (χ4n) is 1.75. The summed E-state index contributed by atoms with van der Waals surface area (Å²) >= 11 is 0. The van der Waals surface area contributed by atoms with Gasteiger partial charge in [-0.3, -0.25) is 4.79 Å². The number of hydrogen-bond acceptors (Lipinski definition) is 5. The highest BCUT2D eigenvalue weighted by atomic mass is 16.5. The van der Waals surface area contributed by atoms with Gasteiger partial charge in [0.1, 0.15) is 6.33 Å². The number of aromatic nitrogens is 2. The average Bonchev–Trinajstić information content (AvgIpc) is 2.54. The largest absolute Gasteiger partial charge is 0.465 e. The van der Waals surface area contributed by atoms with E-state index in [1.807, 2.05) is 0 Å². The van der Waals surface area contributed by atoms with Crippen molar-refractivity contribution in [1.82, 2.24) is 9.97 Å². The maximum atomic E-state index is 11.8. The molecule has 1 aromatic carbocycles. The zero-order valence-corrected chi connectivity index (χ0v) is 11.6. The first-order chi connectivity index (χ1) is 10.2. The number of nitrogens with one attached hydrogen (secondary N) is 1. The lowest BCUT2D eigenvalue weighted by Gasteiger charge is -2.06. The molecule has 108 valence electrons. The van der Waals surface area contributed by atoms with E-state index in [0.29, 0.717) is 24.1 Å². The maximum absolute atomic E-state index is 11.8. The molecule has 1 aromatic heterocycles. The second kappa shape index (κ2) is 7.14. The summed E-state index contributed by atoms with van der Waals surface area (Å²) in [5.41, 5.74) is 1.99. The Bertz CT molecular complexity index is 612. The van der Waals surface area contributed by atoms with Crippen LogP contribution in [0.5, 0.6) is 0 Å². The molecule has 1 N–H and O–H groups in total. The minimum atomic E-state index is -0.406. The Balaban J connectivity index is 1.86. The van der Waals surface area contributed by atoms with E-state index in [0.717, 1.165) is 5.56 Å². The van der Waals surface area contributed by atoms with Gasteiger partial charge in [0.2, 0.25) is 5.91 Å². The highest BCUT2D eigenvalue weighted by molar-refractivity contribution is 5.93. The number of ether oxygens (including phenoxy) is 1. The molecule has 0 saturated heterocycles. The first kappa shape index (κ1) is 14.6. The van der Waals surface area contributed by atoms with Gasteiger partial charge < -0.3 is 10.1 Å². The zero-order chi connectivity index (χ0) is 15.1. The molecule has 0 unspecified atom stereocenters. The predicted molar refractivity (Wildman–Crippen MR) is 76.8 cm³/mol. The summed E-state index contributed by atoms with van der Waals surface area (Å²) in [7, 11) is 1.32. The van der Waals surface area contributed by atoms with Crippen molar-refractivity contribution in [3.05, 3.63) is 54.1 Å². The van der Waals surface area contributed by atoms with E-state index in [1.165, 1.54) is 13.4 Å². The molecule has 0 fully saturated rings. The molecule has 0 aliphatic carbocycles. The minimum absolute atomic E-state index is 0.107. The van der Waals surface area contributed by atoms with Crippen LogP contribution in [0.4, 0.5) is 5.69 Å². The van der Waals surface area contributed by atoms with Gasteiger partial charge in [0.15, 0.2) is 0 Å². The average molecular weight is 285 g/mol. The Labute approximate surface area is 122 Å². The Hall–Kier alpha value is -2.76. The Kier molecular flexibility index (Phi) is 4.98. The molecule has 2 rings (SSSR count). The van der Waals surface area contributed by atoms with E-state index in [9.17, 15) is 9.59 Å². The number of benzene rings is 1. The van der Waals surface area contributed by atoms with E-state index in [2.05, 4.69) is 20.0 Å². The third-order valence-electron chi connectivity index (χ3n) is 2.84. The van der Waals surface area contributed by atoms with Crippen LogP contribution in [-0.2, 0) is 16.0 Å². The lowest BCUT2D eigenvalue weighted by atomic mass is 10.1. The number of nitrogens with zero attached hydrogens (tertiary/aromatic N) is 2. The summed E-state index contributed by atoms with van der Waals surface area (Å²) in [4.78, 5) is 30.9. The standard InChI is InChI=1S/C15H15N3O3/c1-21-15(20)12-3-5-13(6-4-12)18-14(19)7-2-11-8-16-10-17-9-11/h3-6,8-10H,2,7H2,1H3,(H,18,19). The molecular weight excluding hydrogens is 270 g/mol. The SMILES string of the molecule is COC(=O)c1ccc(NC(=O)CCc2cncnc2)cc1. The van der Waals surface area contributed by atoms with Crippen molar-refractivity contribution in [3.63, 3.8) is 0 Å². The van der Waals surface area contributed by atoms with E-state index in [4.69, 9.17) is 0 Å². The van der Waals surface area contributed by atoms with Crippen molar-refractivity contribution >= 4 is 17.6 Å². The third kappa shape index (κ3) is 4.38. The molecule has 0 aliphatic rings. The molecule has 1 amide bonds. The number of amides is 1. The fourth-order valence-corrected chi connectivity index (χ4v) is 1.75. The second-order valence-electron chi connectivity index (χ2n) is 4.36. The van der Waals surface area contributed by atoms with Crippen LogP contribution in [0.15, 0.2) is 43.0 Å². The molecule has 6 heteroatoms. The van der Waals surface area contributed by atoms with Gasteiger partial charge in [-0.2, -0.15) is 0 Å². The lowest BCUT2D eigenvalue weighted by molar-refractivity contribution is -0.116. The molecule has 6 nitrogen and oxygen atoms in total. The molecule has 0 radical (unpaired) electrons. The van der Waals surface area contributed by atoms with Gasteiger partial charge in [-0.15, -0.1) is 0 Å². The first-order valence-electron chi connectivity index (χ1n) is 6.41. The lowest BCUT2D eigenvalue weighted by Crippen LogP contribution is -2.12. The van der Waals surface area contributed by atoms with Crippen LogP contribution >= 0.6 is 0 Å². The van der Waals surface area contributed by atoms with Crippen molar-refractivity contribution in [2.45, 2.75) is 12.8 Å². The normalized spacial score (nSPS) is 9.95. The second-order valence-corrected chi connectivity index (χ2v) is 4.36. The molecule has 0 saturated carbocycles. The summed E-state index contributed by atoms with van der Waals surface area (Å²) in [6.07, 6.45) is 5.74. The van der Waals surface area contributed by atoms with Gasteiger partial charge >= 0.3 is 5.97 Å². The van der Waals surface area contributed by atoms with E-state index >= 15 is 0 Å². The maximum Gasteiger partial charge on any atom is 0.337 e. The zero-order valence-electron chi connectivity index (χ0n) is 11.6. The summed E-state index contributed by atoms with van der Waals surface area (Å²) < 4.78 is 4.61. The predicted octanol–water partition coefficient (Wildman–Crippen LogP) is 1.83. The van der Waals surface area contributed by atoms with Crippen molar-refractivity contribution in [2.75, 3.05) is 12.4 Å². The highest BCUT2D eigenvalue weighted by Crippen LogP contribution is 2.11. The summed E-state index contributed by atoms with van der Waals surface area (Å²) in [6.45, 7) is 0. The van der Waals surface area contributed by atoms with Crippen LogP contribution in [0.25, 0.3) is 0 Å². The molecular formula is C15H15N3O3. The Morgan fingerprint density at radius 3 is 2.43 bits per heavy atom. The summed E-state index contributed by atoms with van der Waals surface area (Å²) in [5, 5.41) is 2.76. The van der Waals surface area contributed by atoms with Crippen LogP contribution in [0, 0.1) is 0 Å². The molecule has 21 heavy (non-hydrogen) atoms. The quantitative estimate of drug-likeness (QED) is 0.848. The van der Waals surface area contributed by atoms with E-state index < -0.39 is 5.97 Å². The fraction of sp³-hybridized carbons (Fsp3) is 0.200. The van der Waals surface area contributed by atoms with Gasteiger partial charge in [0.05, 0.1) is 12.7 Å². The highest BCUT2D eigenvalue weighted by Gasteiger charge is 2.06. The minimum Gasteiger partial charge on any atom is -0.465 e. The number of carbonyl (C=O) groups excluding carboxylic acids is 2. The Morgan fingerprint density at radius 1 is 1.14 bits per heavy atom. The number of rotatable bonds is 5. The van der Waals surface area contributed by atoms with Gasteiger partial charge in [-0.05, 0) is 36.2 Å². The van der Waals surface area contributed by atoms with Crippen LogP contribution in [0.3, 0.4) is 0 Å². The number of hydrogen-bond donors (Lipinski definition) is 1. The van der Waals surface area contributed by atoms with Crippen LogP contribution in [-0.4, -0.2) is 29.0 Å². The molecule has 0 aliphatic heterocycles. The van der Waals surface area contributed by atoms with Crippen LogP contribution < -0.4 is 5.32 Å². The van der Waals surface area contributed by atoms with Gasteiger partial charge in [0.25, 0.3) is 0 Å². The van der Waals surface area contributed by atoms with Gasteiger partial charge in [-0.1, -0.05) is 0 Å². The number of carbonyl (C=O) groups is 2. The van der Waals surface area contributed by atoms with Crippen molar-refractivity contribution in [2.24, 2.45) is 0 Å². The molecule has 1 heterocycles. The Morgan fingerprint density at radius 2 is 1.81 bits per heavy atom. The third-order valence-corrected chi connectivity index (χ3v) is 2.84. The summed E-state index contributed by atoms with van der Waals surface area (Å²) in [6, 6.07) is 6.53. The smallest absolute Gasteiger partial charge is 0.337 e. The van der Waals surface area contributed by atoms with Gasteiger partial charge in [0, 0.05) is 24.5 Å². The van der Waals surface area contributed by atoms with Crippen molar-refractivity contribution in [3.8, 4) is 0 Å². The van der Waals surface area contributed by atoms with E-state index in [-0.39, 0.29) is 5.91 Å².